The first-order valence-electron chi connectivity index (χ1n) is 8.46. The van der Waals surface area contributed by atoms with Gasteiger partial charge in [0.25, 0.3) is 0 Å². The third kappa shape index (κ3) is 7.65. The molecule has 0 bridgehead atoms. The molecule has 0 spiro atoms. The summed E-state index contributed by atoms with van der Waals surface area (Å²) in [6, 6.07) is 9.01. The number of thiazole rings is 1. The van der Waals surface area contributed by atoms with Crippen LogP contribution in [0, 0.1) is 0 Å². The number of alkyl halides is 3. The Bertz CT molecular complexity index is 606. The van der Waals surface area contributed by atoms with Gasteiger partial charge in [-0.15, -0.1) is 11.3 Å². The Morgan fingerprint density at radius 1 is 1.27 bits per heavy atom. The standard InChI is InChI=1S/C17H23N3S2.CHF3/c1-21-19-11-14-4-6-15(7-5-14)12-20-9-2-3-16(13-20)17-18-8-10-22-17;2-1(3)4/h4-8,10,16,19H,2-3,9,11-13H2,1H3;1H. The Balaban J connectivity index is 0.000000552. The zero-order valence-electron chi connectivity index (χ0n) is 14.7. The molecule has 1 unspecified atom stereocenters. The molecule has 1 N–H and O–H groups in total. The molecule has 1 fully saturated rings. The van der Waals surface area contributed by atoms with Crippen molar-refractivity contribution < 1.29 is 13.2 Å². The van der Waals surface area contributed by atoms with Crippen molar-refractivity contribution in [1.82, 2.24) is 14.6 Å². The van der Waals surface area contributed by atoms with Gasteiger partial charge in [-0.3, -0.25) is 9.62 Å². The summed E-state index contributed by atoms with van der Waals surface area (Å²) in [5, 5.41) is 3.40. The summed E-state index contributed by atoms with van der Waals surface area (Å²) in [7, 11) is 0. The number of benzene rings is 1. The molecule has 3 rings (SSSR count). The Morgan fingerprint density at radius 3 is 2.58 bits per heavy atom. The SMILES string of the molecule is CSNCc1ccc(CN2CCCC(c3nccs3)C2)cc1.FC(F)F. The van der Waals surface area contributed by atoms with Gasteiger partial charge in [-0.1, -0.05) is 36.2 Å². The summed E-state index contributed by atoms with van der Waals surface area (Å²) in [5.41, 5.74) is 2.75. The lowest BCUT2D eigenvalue weighted by atomic mass is 9.98. The molecule has 0 radical (unpaired) electrons. The van der Waals surface area contributed by atoms with Gasteiger partial charge in [-0.25, -0.2) is 4.98 Å². The molecule has 0 saturated carbocycles. The van der Waals surface area contributed by atoms with Gasteiger partial charge in [0.1, 0.15) is 0 Å². The monoisotopic (exact) mass is 403 g/mol. The lowest BCUT2D eigenvalue weighted by molar-refractivity contribution is 0.00819. The van der Waals surface area contributed by atoms with E-state index in [-0.39, 0.29) is 0 Å². The topological polar surface area (TPSA) is 28.2 Å². The summed E-state index contributed by atoms with van der Waals surface area (Å²) in [5.74, 6) is 0.624. The summed E-state index contributed by atoms with van der Waals surface area (Å²) in [4.78, 5) is 7.08. The highest BCUT2D eigenvalue weighted by Gasteiger charge is 2.22. The van der Waals surface area contributed by atoms with Crippen LogP contribution in [-0.2, 0) is 13.1 Å². The van der Waals surface area contributed by atoms with Crippen molar-refractivity contribution in [3.63, 3.8) is 0 Å². The molecule has 0 amide bonds. The fourth-order valence-electron chi connectivity index (χ4n) is 3.01. The van der Waals surface area contributed by atoms with Crippen LogP contribution >= 0.6 is 23.3 Å². The predicted molar refractivity (Wildman–Crippen MR) is 103 cm³/mol. The van der Waals surface area contributed by atoms with E-state index in [1.165, 1.54) is 35.5 Å². The van der Waals surface area contributed by atoms with E-state index in [0.29, 0.717) is 5.92 Å². The molecule has 1 saturated heterocycles. The Kier molecular flexibility index (Phi) is 9.45. The molecular weight excluding hydrogens is 379 g/mol. The Morgan fingerprint density at radius 2 is 1.96 bits per heavy atom. The van der Waals surface area contributed by atoms with Crippen LogP contribution in [0.5, 0.6) is 0 Å². The number of piperidine rings is 1. The summed E-state index contributed by atoms with van der Waals surface area (Å²) < 4.78 is 32.3. The second kappa shape index (κ2) is 11.6. The minimum absolute atomic E-state index is 0.624. The van der Waals surface area contributed by atoms with Crippen LogP contribution in [0.15, 0.2) is 35.8 Å². The lowest BCUT2D eigenvalue weighted by Crippen LogP contribution is -2.33. The second-order valence-corrected chi connectivity index (χ2v) is 7.66. The maximum absolute atomic E-state index is 9.67. The van der Waals surface area contributed by atoms with Crippen LogP contribution in [0.3, 0.4) is 0 Å². The first kappa shape index (κ1) is 21.2. The molecule has 8 heteroatoms. The maximum Gasteiger partial charge on any atom is 0.379 e. The van der Waals surface area contributed by atoms with Crippen LogP contribution in [-0.4, -0.2) is 35.9 Å². The van der Waals surface area contributed by atoms with E-state index < -0.39 is 6.68 Å². The third-order valence-corrected chi connectivity index (χ3v) is 5.53. The van der Waals surface area contributed by atoms with Crippen molar-refractivity contribution in [3.05, 3.63) is 52.0 Å². The molecule has 26 heavy (non-hydrogen) atoms. The van der Waals surface area contributed by atoms with E-state index >= 15 is 0 Å². The largest absolute Gasteiger partial charge is 0.379 e. The molecule has 2 heterocycles. The fourth-order valence-corrected chi connectivity index (χ4v) is 4.09. The van der Waals surface area contributed by atoms with Crippen molar-refractivity contribution >= 4 is 23.3 Å². The van der Waals surface area contributed by atoms with Gasteiger partial charge >= 0.3 is 6.68 Å². The van der Waals surface area contributed by atoms with E-state index in [1.54, 1.807) is 23.3 Å². The molecule has 1 atom stereocenters. The van der Waals surface area contributed by atoms with Gasteiger partial charge in [0.05, 0.1) is 5.01 Å². The van der Waals surface area contributed by atoms with Gasteiger partial charge in [-0.2, -0.15) is 13.2 Å². The first-order chi connectivity index (χ1) is 12.6. The van der Waals surface area contributed by atoms with Crippen LogP contribution in [0.1, 0.15) is 34.9 Å². The van der Waals surface area contributed by atoms with Gasteiger partial charge in [0.15, 0.2) is 0 Å². The van der Waals surface area contributed by atoms with Crippen molar-refractivity contribution in [3.8, 4) is 0 Å². The first-order valence-corrected chi connectivity index (χ1v) is 10.6. The third-order valence-electron chi connectivity index (χ3n) is 4.16. The number of hydrogen-bond donors (Lipinski definition) is 1. The zero-order chi connectivity index (χ0) is 18.8. The lowest BCUT2D eigenvalue weighted by Gasteiger charge is -2.31. The normalized spacial score (nSPS) is 17.8. The summed E-state index contributed by atoms with van der Waals surface area (Å²) in [6.07, 6.45) is 6.55. The van der Waals surface area contributed by atoms with Gasteiger partial charge in [0, 0.05) is 37.1 Å². The molecule has 1 aliphatic rings. The van der Waals surface area contributed by atoms with Gasteiger partial charge in [-0.05, 0) is 36.8 Å². The van der Waals surface area contributed by atoms with E-state index in [4.69, 9.17) is 0 Å². The quantitative estimate of drug-likeness (QED) is 0.682. The minimum atomic E-state index is -3.67. The average molecular weight is 404 g/mol. The minimum Gasteiger partial charge on any atom is -0.298 e. The van der Waals surface area contributed by atoms with Gasteiger partial charge in [0.2, 0.25) is 0 Å². The molecule has 3 nitrogen and oxygen atoms in total. The maximum atomic E-state index is 9.67. The predicted octanol–water partition coefficient (Wildman–Crippen LogP) is 5.07. The molecule has 1 aromatic carbocycles. The summed E-state index contributed by atoms with van der Waals surface area (Å²) in [6.45, 7) is 0.663. The molecule has 0 aliphatic carbocycles. The number of hydrogen-bond acceptors (Lipinski definition) is 5. The zero-order valence-corrected chi connectivity index (χ0v) is 16.3. The smallest absolute Gasteiger partial charge is 0.298 e. The Labute approximate surface area is 161 Å². The van der Waals surface area contributed by atoms with Crippen LogP contribution in [0.4, 0.5) is 13.2 Å². The van der Waals surface area contributed by atoms with Crippen molar-refractivity contribution in [2.24, 2.45) is 0 Å². The van der Waals surface area contributed by atoms with Crippen molar-refractivity contribution in [2.45, 2.75) is 38.5 Å². The number of likely N-dealkylation sites (tertiary alicyclic amines) is 1. The molecule has 1 aromatic heterocycles. The average Bonchev–Trinajstić information content (AvgIpc) is 3.16. The van der Waals surface area contributed by atoms with Crippen LogP contribution in [0.25, 0.3) is 0 Å². The van der Waals surface area contributed by atoms with Crippen LogP contribution in [0.2, 0.25) is 0 Å². The number of rotatable bonds is 6. The van der Waals surface area contributed by atoms with E-state index in [0.717, 1.165) is 19.6 Å². The number of nitrogens with zero attached hydrogens (tertiary/aromatic N) is 2. The van der Waals surface area contributed by atoms with E-state index in [1.807, 2.05) is 6.20 Å². The Hall–Kier alpha value is -1.09. The van der Waals surface area contributed by atoms with Crippen molar-refractivity contribution in [1.29, 1.82) is 0 Å². The summed E-state index contributed by atoms with van der Waals surface area (Å²) >= 11 is 3.47. The molecule has 144 valence electrons. The molecular formula is C18H24F3N3S2. The highest BCUT2D eigenvalue weighted by atomic mass is 32.2. The van der Waals surface area contributed by atoms with E-state index in [9.17, 15) is 13.2 Å². The number of halogens is 3. The second-order valence-electron chi connectivity index (χ2n) is 6.03. The fraction of sp³-hybridized carbons (Fsp3) is 0.500. The highest BCUT2D eigenvalue weighted by molar-refractivity contribution is 7.96. The van der Waals surface area contributed by atoms with Crippen molar-refractivity contribution in [2.75, 3.05) is 19.3 Å². The van der Waals surface area contributed by atoms with Crippen LogP contribution < -0.4 is 4.72 Å². The molecule has 1 aliphatic heterocycles. The van der Waals surface area contributed by atoms with E-state index in [2.05, 4.69) is 50.5 Å². The van der Waals surface area contributed by atoms with Gasteiger partial charge < -0.3 is 0 Å². The molecule has 2 aromatic rings. The highest BCUT2D eigenvalue weighted by Crippen LogP contribution is 2.28. The number of aromatic nitrogens is 1. The number of nitrogens with one attached hydrogen (secondary N) is 1.